The number of rotatable bonds is 0. The van der Waals surface area contributed by atoms with Crippen molar-refractivity contribution in [3.05, 3.63) is 0 Å². The van der Waals surface area contributed by atoms with Crippen LogP contribution in [0.3, 0.4) is 0 Å². The highest BCUT2D eigenvalue weighted by molar-refractivity contribution is 4.84. The van der Waals surface area contributed by atoms with Crippen molar-refractivity contribution in [2.75, 3.05) is 13.2 Å². The maximum atomic E-state index is 9.08. The number of hydrogen-bond donors (Lipinski definition) is 6. The summed E-state index contributed by atoms with van der Waals surface area (Å²) < 4.78 is 9.83. The molecule has 0 aliphatic carbocycles. The van der Waals surface area contributed by atoms with Gasteiger partial charge in [-0.15, -0.1) is 0 Å². The zero-order valence-electron chi connectivity index (χ0n) is 11.5. The fourth-order valence-corrected chi connectivity index (χ4v) is 1.91. The van der Waals surface area contributed by atoms with Gasteiger partial charge in [0.1, 0.15) is 36.6 Å². The van der Waals surface area contributed by atoms with Gasteiger partial charge in [0.15, 0.2) is 0 Å². The quantitative estimate of drug-likeness (QED) is 0.277. The maximum absolute atomic E-state index is 9.08. The molecule has 0 amide bonds. The smallest absolute Gasteiger partial charge is 0.110 e. The van der Waals surface area contributed by atoms with E-state index in [0.717, 1.165) is 0 Å². The van der Waals surface area contributed by atoms with Crippen LogP contribution in [-0.2, 0) is 9.47 Å². The topological polar surface area (TPSA) is 140 Å². The molecule has 8 atom stereocenters. The van der Waals surface area contributed by atoms with Crippen LogP contribution in [-0.4, -0.2) is 92.7 Å². The van der Waals surface area contributed by atoms with E-state index in [4.69, 9.17) is 40.1 Å². The van der Waals surface area contributed by atoms with Gasteiger partial charge in [0.05, 0.1) is 25.4 Å². The first kappa shape index (κ1) is 17.7. The molecule has 2 heterocycles. The lowest BCUT2D eigenvalue weighted by atomic mass is 10.0. The van der Waals surface area contributed by atoms with E-state index in [9.17, 15) is 0 Å². The van der Waals surface area contributed by atoms with Crippen molar-refractivity contribution in [3.8, 4) is 0 Å². The molecule has 2 aliphatic heterocycles. The zero-order valence-corrected chi connectivity index (χ0v) is 11.5. The van der Waals surface area contributed by atoms with Crippen LogP contribution in [0.25, 0.3) is 0 Å². The van der Waals surface area contributed by atoms with Crippen LogP contribution in [0.1, 0.15) is 13.8 Å². The molecule has 0 radical (unpaired) electrons. The minimum absolute atomic E-state index is 0.0966. The van der Waals surface area contributed by atoms with E-state index < -0.39 is 48.8 Å². The van der Waals surface area contributed by atoms with E-state index in [0.29, 0.717) is 0 Å². The van der Waals surface area contributed by atoms with Crippen LogP contribution in [0.4, 0.5) is 0 Å². The predicted octanol–water partition coefficient (Wildman–Crippen LogP) is -3.02. The molecule has 2 saturated heterocycles. The molecule has 6 N–H and O–H groups in total. The second kappa shape index (κ2) is 7.62. The highest BCUT2D eigenvalue weighted by Gasteiger charge is 2.35. The Kier molecular flexibility index (Phi) is 6.76. The summed E-state index contributed by atoms with van der Waals surface area (Å²) in [5.41, 5.74) is 0. The lowest BCUT2D eigenvalue weighted by Gasteiger charge is -2.33. The van der Waals surface area contributed by atoms with Crippen molar-refractivity contribution < 1.29 is 40.1 Å². The molecule has 120 valence electrons. The lowest BCUT2D eigenvalue weighted by molar-refractivity contribution is -0.181. The Morgan fingerprint density at radius 2 is 0.900 bits per heavy atom. The van der Waals surface area contributed by atoms with E-state index in [-0.39, 0.29) is 13.2 Å². The Balaban J connectivity index is 0.000000200. The van der Waals surface area contributed by atoms with E-state index >= 15 is 0 Å². The van der Waals surface area contributed by atoms with Gasteiger partial charge in [-0.25, -0.2) is 0 Å². The summed E-state index contributed by atoms with van der Waals surface area (Å²) in [6.07, 6.45) is -6.76. The summed E-state index contributed by atoms with van der Waals surface area (Å²) in [5.74, 6) is 0. The van der Waals surface area contributed by atoms with Crippen LogP contribution in [0.2, 0.25) is 0 Å². The number of aliphatic hydroxyl groups excluding tert-OH is 6. The molecule has 0 spiro atoms. The molecule has 2 fully saturated rings. The molecule has 8 nitrogen and oxygen atoms in total. The average molecular weight is 296 g/mol. The monoisotopic (exact) mass is 296 g/mol. The van der Waals surface area contributed by atoms with Crippen LogP contribution >= 0.6 is 0 Å². The van der Waals surface area contributed by atoms with Crippen LogP contribution in [0, 0.1) is 0 Å². The Morgan fingerprint density at radius 3 is 1.15 bits per heavy atom. The van der Waals surface area contributed by atoms with Crippen molar-refractivity contribution >= 4 is 0 Å². The molecule has 0 aromatic carbocycles. The molecule has 8 heteroatoms. The molecule has 0 aromatic rings. The summed E-state index contributed by atoms with van der Waals surface area (Å²) >= 11 is 0. The summed E-state index contributed by atoms with van der Waals surface area (Å²) in [6.45, 7) is 3.50. The normalized spacial score (nSPS) is 49.2. The van der Waals surface area contributed by atoms with E-state index in [1.165, 1.54) is 0 Å². The average Bonchev–Trinajstić information content (AvgIpc) is 2.43. The van der Waals surface area contributed by atoms with Gasteiger partial charge in [0.25, 0.3) is 0 Å². The van der Waals surface area contributed by atoms with E-state index in [1.807, 2.05) is 0 Å². The third-order valence-corrected chi connectivity index (χ3v) is 3.51. The van der Waals surface area contributed by atoms with E-state index in [1.54, 1.807) is 13.8 Å². The van der Waals surface area contributed by atoms with Crippen molar-refractivity contribution in [1.82, 2.24) is 0 Å². The molecule has 2 unspecified atom stereocenters. The first-order valence-corrected chi connectivity index (χ1v) is 6.57. The van der Waals surface area contributed by atoms with Crippen molar-refractivity contribution in [2.24, 2.45) is 0 Å². The summed E-state index contributed by atoms with van der Waals surface area (Å²) in [6, 6.07) is 0. The highest BCUT2D eigenvalue weighted by Crippen LogP contribution is 2.15. The highest BCUT2D eigenvalue weighted by atomic mass is 16.5. The first-order valence-electron chi connectivity index (χ1n) is 6.57. The number of aliphatic hydroxyl groups is 6. The van der Waals surface area contributed by atoms with Gasteiger partial charge in [-0.2, -0.15) is 0 Å². The van der Waals surface area contributed by atoms with Crippen LogP contribution in [0.15, 0.2) is 0 Å². The fraction of sp³-hybridized carbons (Fsp3) is 1.00. The van der Waals surface area contributed by atoms with Gasteiger partial charge in [0.2, 0.25) is 0 Å². The Morgan fingerprint density at radius 1 is 0.600 bits per heavy atom. The van der Waals surface area contributed by atoms with Crippen molar-refractivity contribution in [2.45, 2.75) is 62.7 Å². The molecule has 0 saturated carbocycles. The standard InChI is InChI=1S/2C6H12O4/c2*1-3-5(8)6(9)4(7)2-10-3/h2*3-9H,2H2,1H3/t2*3-,4+,5?,6-/m00/s1. The van der Waals surface area contributed by atoms with Gasteiger partial charge < -0.3 is 40.1 Å². The molecule has 0 aromatic heterocycles. The minimum Gasteiger partial charge on any atom is -0.388 e. The number of ether oxygens (including phenoxy) is 2. The summed E-state index contributed by atoms with van der Waals surface area (Å²) in [5, 5.41) is 54.1. The van der Waals surface area contributed by atoms with Gasteiger partial charge in [-0.1, -0.05) is 0 Å². The second-order valence-corrected chi connectivity index (χ2v) is 5.17. The number of hydrogen-bond acceptors (Lipinski definition) is 8. The third-order valence-electron chi connectivity index (χ3n) is 3.51. The largest absolute Gasteiger partial charge is 0.388 e. The van der Waals surface area contributed by atoms with Gasteiger partial charge in [-0.05, 0) is 13.8 Å². The Labute approximate surface area is 117 Å². The molecule has 2 rings (SSSR count). The SMILES string of the molecule is C[C@@H]1OC[C@@H](O)[C@H](O)C1O.C[C@@H]1OC[C@@H](O)[C@H](O)C1O. The summed E-state index contributed by atoms with van der Waals surface area (Å²) in [7, 11) is 0. The van der Waals surface area contributed by atoms with Crippen LogP contribution < -0.4 is 0 Å². The Hall–Kier alpha value is -0.320. The molecular weight excluding hydrogens is 272 g/mol. The molecule has 2 aliphatic rings. The first-order chi connectivity index (χ1) is 9.25. The second-order valence-electron chi connectivity index (χ2n) is 5.17. The van der Waals surface area contributed by atoms with E-state index in [2.05, 4.69) is 0 Å². The van der Waals surface area contributed by atoms with Crippen LogP contribution in [0.5, 0.6) is 0 Å². The molecular formula is C12H24O8. The fourth-order valence-electron chi connectivity index (χ4n) is 1.91. The molecule has 0 bridgehead atoms. The molecule has 20 heavy (non-hydrogen) atoms. The maximum Gasteiger partial charge on any atom is 0.110 e. The van der Waals surface area contributed by atoms with Gasteiger partial charge in [-0.3, -0.25) is 0 Å². The summed E-state index contributed by atoms with van der Waals surface area (Å²) in [4.78, 5) is 0. The minimum atomic E-state index is -1.07. The van der Waals surface area contributed by atoms with Gasteiger partial charge >= 0.3 is 0 Å². The van der Waals surface area contributed by atoms with Crippen molar-refractivity contribution in [1.29, 1.82) is 0 Å². The van der Waals surface area contributed by atoms with Crippen molar-refractivity contribution in [3.63, 3.8) is 0 Å². The lowest BCUT2D eigenvalue weighted by Crippen LogP contribution is -2.51. The van der Waals surface area contributed by atoms with Gasteiger partial charge in [0, 0.05) is 0 Å². The third kappa shape index (κ3) is 4.34. The Bertz CT molecular complexity index is 233. The zero-order chi connectivity index (χ0) is 15.4. The predicted molar refractivity (Wildman–Crippen MR) is 66.9 cm³/mol.